The number of rotatable bonds is 5. The van der Waals surface area contributed by atoms with E-state index in [0.717, 1.165) is 37.3 Å². The SMILES string of the molecule is Cc1cccc(CNC(=O)CSC2CCNCC2)n1. The van der Waals surface area contributed by atoms with Crippen LogP contribution in [-0.2, 0) is 11.3 Å². The van der Waals surface area contributed by atoms with E-state index >= 15 is 0 Å². The largest absolute Gasteiger partial charge is 0.350 e. The highest BCUT2D eigenvalue weighted by Gasteiger charge is 2.14. The zero-order valence-corrected chi connectivity index (χ0v) is 12.1. The van der Waals surface area contributed by atoms with E-state index in [1.165, 1.54) is 0 Å². The molecule has 1 amide bonds. The summed E-state index contributed by atoms with van der Waals surface area (Å²) in [7, 11) is 0. The molecule has 0 atom stereocenters. The lowest BCUT2D eigenvalue weighted by molar-refractivity contribution is -0.118. The van der Waals surface area contributed by atoms with Gasteiger partial charge in [-0.1, -0.05) is 6.07 Å². The van der Waals surface area contributed by atoms with Gasteiger partial charge in [-0.3, -0.25) is 9.78 Å². The topological polar surface area (TPSA) is 54.0 Å². The van der Waals surface area contributed by atoms with E-state index in [1.807, 2.05) is 25.1 Å². The fraction of sp³-hybridized carbons (Fsp3) is 0.571. The number of amides is 1. The van der Waals surface area contributed by atoms with Crippen LogP contribution in [0.2, 0.25) is 0 Å². The number of pyridine rings is 1. The van der Waals surface area contributed by atoms with Crippen LogP contribution in [0.4, 0.5) is 0 Å². The Bertz CT molecular complexity index is 419. The fourth-order valence-corrected chi connectivity index (χ4v) is 3.15. The average Bonchev–Trinajstić information content (AvgIpc) is 2.44. The standard InChI is InChI=1S/C14H21N3OS/c1-11-3-2-4-12(17-11)9-16-14(18)10-19-13-5-7-15-8-6-13/h2-4,13,15H,5-10H2,1H3,(H,16,18). The highest BCUT2D eigenvalue weighted by molar-refractivity contribution is 8.00. The molecule has 5 heteroatoms. The van der Waals surface area contributed by atoms with Crippen molar-refractivity contribution in [2.24, 2.45) is 0 Å². The summed E-state index contributed by atoms with van der Waals surface area (Å²) in [4.78, 5) is 16.1. The van der Waals surface area contributed by atoms with Gasteiger partial charge in [-0.05, 0) is 45.0 Å². The van der Waals surface area contributed by atoms with Gasteiger partial charge in [-0.2, -0.15) is 0 Å². The van der Waals surface area contributed by atoms with Crippen molar-refractivity contribution in [1.82, 2.24) is 15.6 Å². The van der Waals surface area contributed by atoms with Crippen molar-refractivity contribution >= 4 is 17.7 Å². The Labute approximate surface area is 118 Å². The van der Waals surface area contributed by atoms with Crippen LogP contribution in [0.3, 0.4) is 0 Å². The second-order valence-electron chi connectivity index (χ2n) is 4.81. The molecule has 4 nitrogen and oxygen atoms in total. The molecule has 0 radical (unpaired) electrons. The van der Waals surface area contributed by atoms with Crippen molar-refractivity contribution in [3.63, 3.8) is 0 Å². The minimum absolute atomic E-state index is 0.104. The van der Waals surface area contributed by atoms with Crippen LogP contribution in [0.1, 0.15) is 24.2 Å². The molecule has 2 N–H and O–H groups in total. The number of carbonyl (C=O) groups is 1. The van der Waals surface area contributed by atoms with E-state index in [1.54, 1.807) is 11.8 Å². The zero-order valence-electron chi connectivity index (χ0n) is 11.3. The fourth-order valence-electron chi connectivity index (χ4n) is 2.09. The highest BCUT2D eigenvalue weighted by atomic mass is 32.2. The molecule has 1 saturated heterocycles. The summed E-state index contributed by atoms with van der Waals surface area (Å²) in [5, 5.41) is 6.89. The van der Waals surface area contributed by atoms with Gasteiger partial charge >= 0.3 is 0 Å². The summed E-state index contributed by atoms with van der Waals surface area (Å²) in [6.45, 7) is 4.63. The Morgan fingerprint density at radius 3 is 3.00 bits per heavy atom. The maximum atomic E-state index is 11.8. The number of thioether (sulfide) groups is 1. The van der Waals surface area contributed by atoms with Gasteiger partial charge < -0.3 is 10.6 Å². The molecule has 2 heterocycles. The third-order valence-corrected chi connectivity index (χ3v) is 4.52. The average molecular weight is 279 g/mol. The van der Waals surface area contributed by atoms with Crippen LogP contribution in [0.15, 0.2) is 18.2 Å². The van der Waals surface area contributed by atoms with E-state index in [-0.39, 0.29) is 5.91 Å². The molecular weight excluding hydrogens is 258 g/mol. The van der Waals surface area contributed by atoms with Crippen LogP contribution in [-0.4, -0.2) is 35.0 Å². The third kappa shape index (κ3) is 5.20. The summed E-state index contributed by atoms with van der Waals surface area (Å²) in [6, 6.07) is 5.86. The van der Waals surface area contributed by atoms with Crippen LogP contribution < -0.4 is 10.6 Å². The zero-order chi connectivity index (χ0) is 13.5. The maximum absolute atomic E-state index is 11.8. The van der Waals surface area contributed by atoms with Crippen molar-refractivity contribution < 1.29 is 4.79 Å². The Kier molecular flexibility index (Phi) is 5.66. The number of aromatic nitrogens is 1. The van der Waals surface area contributed by atoms with Crippen molar-refractivity contribution in [1.29, 1.82) is 0 Å². The van der Waals surface area contributed by atoms with Crippen molar-refractivity contribution in [2.45, 2.75) is 31.6 Å². The first kappa shape index (κ1) is 14.3. The molecule has 1 aromatic heterocycles. The molecule has 104 valence electrons. The van der Waals surface area contributed by atoms with E-state index < -0.39 is 0 Å². The van der Waals surface area contributed by atoms with E-state index in [2.05, 4.69) is 15.6 Å². The molecule has 19 heavy (non-hydrogen) atoms. The highest BCUT2D eigenvalue weighted by Crippen LogP contribution is 2.19. The molecule has 1 aliphatic heterocycles. The molecule has 2 rings (SSSR count). The predicted octanol–water partition coefficient (Wildman–Crippen LogP) is 1.49. The van der Waals surface area contributed by atoms with Gasteiger partial charge in [-0.25, -0.2) is 0 Å². The normalized spacial score (nSPS) is 16.3. The van der Waals surface area contributed by atoms with Gasteiger partial charge in [0.05, 0.1) is 18.0 Å². The lowest BCUT2D eigenvalue weighted by Gasteiger charge is -2.21. The van der Waals surface area contributed by atoms with E-state index in [4.69, 9.17) is 0 Å². The molecule has 1 aliphatic rings. The summed E-state index contributed by atoms with van der Waals surface area (Å²) in [5.74, 6) is 0.656. The minimum atomic E-state index is 0.104. The summed E-state index contributed by atoms with van der Waals surface area (Å²) >= 11 is 1.77. The second-order valence-corrected chi connectivity index (χ2v) is 6.10. The number of aryl methyl sites for hydroxylation is 1. The summed E-state index contributed by atoms with van der Waals surface area (Å²) < 4.78 is 0. The molecule has 0 bridgehead atoms. The lowest BCUT2D eigenvalue weighted by Crippen LogP contribution is -2.31. The van der Waals surface area contributed by atoms with Crippen molar-refractivity contribution in [3.8, 4) is 0 Å². The monoisotopic (exact) mass is 279 g/mol. The van der Waals surface area contributed by atoms with Gasteiger partial charge in [-0.15, -0.1) is 11.8 Å². The van der Waals surface area contributed by atoms with Gasteiger partial charge in [0, 0.05) is 10.9 Å². The molecule has 0 saturated carbocycles. The first-order valence-electron chi connectivity index (χ1n) is 6.75. The number of nitrogens with one attached hydrogen (secondary N) is 2. The summed E-state index contributed by atoms with van der Waals surface area (Å²) in [5.41, 5.74) is 1.90. The molecular formula is C14H21N3OS. The number of hydrogen-bond acceptors (Lipinski definition) is 4. The molecule has 0 unspecified atom stereocenters. The third-order valence-electron chi connectivity index (χ3n) is 3.15. The first-order chi connectivity index (χ1) is 9.24. The van der Waals surface area contributed by atoms with Crippen molar-refractivity contribution in [3.05, 3.63) is 29.6 Å². The first-order valence-corrected chi connectivity index (χ1v) is 7.80. The van der Waals surface area contributed by atoms with Gasteiger partial charge in [0.25, 0.3) is 0 Å². The van der Waals surface area contributed by atoms with Crippen molar-refractivity contribution in [2.75, 3.05) is 18.8 Å². The number of carbonyl (C=O) groups excluding carboxylic acids is 1. The van der Waals surface area contributed by atoms with Gasteiger partial charge in [0.1, 0.15) is 0 Å². The summed E-state index contributed by atoms with van der Waals surface area (Å²) in [6.07, 6.45) is 2.33. The van der Waals surface area contributed by atoms with Crippen LogP contribution in [0.25, 0.3) is 0 Å². The molecule has 0 aromatic carbocycles. The minimum Gasteiger partial charge on any atom is -0.350 e. The number of nitrogens with zero attached hydrogens (tertiary/aromatic N) is 1. The molecule has 1 fully saturated rings. The molecule has 1 aromatic rings. The Morgan fingerprint density at radius 1 is 1.47 bits per heavy atom. The lowest BCUT2D eigenvalue weighted by atomic mass is 10.2. The predicted molar refractivity (Wildman–Crippen MR) is 79.2 cm³/mol. The second kappa shape index (κ2) is 7.50. The number of piperidine rings is 1. The number of hydrogen-bond donors (Lipinski definition) is 2. The Balaban J connectivity index is 1.66. The Morgan fingerprint density at radius 2 is 2.26 bits per heavy atom. The van der Waals surface area contributed by atoms with Gasteiger partial charge in [0.15, 0.2) is 0 Å². The molecule has 0 aliphatic carbocycles. The quantitative estimate of drug-likeness (QED) is 0.857. The van der Waals surface area contributed by atoms with Crippen LogP contribution >= 0.6 is 11.8 Å². The van der Waals surface area contributed by atoms with Gasteiger partial charge in [0.2, 0.25) is 5.91 Å². The van der Waals surface area contributed by atoms with E-state index in [9.17, 15) is 4.79 Å². The van der Waals surface area contributed by atoms with Crippen LogP contribution in [0, 0.1) is 6.92 Å². The molecule has 0 spiro atoms. The smallest absolute Gasteiger partial charge is 0.230 e. The van der Waals surface area contributed by atoms with Crippen LogP contribution in [0.5, 0.6) is 0 Å². The van der Waals surface area contributed by atoms with E-state index in [0.29, 0.717) is 17.5 Å². The Hall–Kier alpha value is -1.07. The maximum Gasteiger partial charge on any atom is 0.230 e.